The van der Waals surface area contributed by atoms with Crippen molar-refractivity contribution in [1.82, 2.24) is 5.32 Å². The van der Waals surface area contributed by atoms with E-state index in [1.54, 1.807) is 43.5 Å². The predicted molar refractivity (Wildman–Crippen MR) is 75.0 cm³/mol. The van der Waals surface area contributed by atoms with E-state index >= 15 is 0 Å². The van der Waals surface area contributed by atoms with Crippen LogP contribution in [0.5, 0.6) is 0 Å². The molecule has 0 spiro atoms. The molecule has 1 aromatic carbocycles. The van der Waals surface area contributed by atoms with E-state index in [-0.39, 0.29) is 12.1 Å². The maximum atomic E-state index is 13.1. The Morgan fingerprint density at radius 1 is 1.24 bits per heavy atom. The second-order valence-corrected chi connectivity index (χ2v) is 4.80. The molecule has 0 amide bonds. The molecule has 0 saturated carbocycles. The third kappa shape index (κ3) is 3.78. The summed E-state index contributed by atoms with van der Waals surface area (Å²) in [5, 5.41) is 2.75. The Balaban J connectivity index is 2.28. The molecule has 6 heteroatoms. The fourth-order valence-corrected chi connectivity index (χ4v) is 2.14. The van der Waals surface area contributed by atoms with Gasteiger partial charge in [0.05, 0.1) is 18.4 Å². The van der Waals surface area contributed by atoms with Gasteiger partial charge in [-0.15, -0.1) is 0 Å². The van der Waals surface area contributed by atoms with Crippen LogP contribution in [0.4, 0.5) is 18.9 Å². The summed E-state index contributed by atoms with van der Waals surface area (Å²) in [6, 6.07) is 7.91. The molecule has 21 heavy (non-hydrogen) atoms. The molecule has 2 rings (SSSR count). The maximum Gasteiger partial charge on any atom is 0.416 e. The molecule has 114 valence electrons. The van der Waals surface area contributed by atoms with Gasteiger partial charge in [0, 0.05) is 19.3 Å². The normalized spacial score (nSPS) is 11.7. The molecule has 0 aliphatic rings. The fourth-order valence-electron chi connectivity index (χ4n) is 2.14. The molecule has 1 aromatic heterocycles. The lowest BCUT2D eigenvalue weighted by molar-refractivity contribution is -0.138. The van der Waals surface area contributed by atoms with Gasteiger partial charge in [0.1, 0.15) is 5.76 Å². The van der Waals surface area contributed by atoms with Crippen molar-refractivity contribution >= 4 is 5.69 Å². The summed E-state index contributed by atoms with van der Waals surface area (Å²) in [5.74, 6) is 0.699. The van der Waals surface area contributed by atoms with Crippen molar-refractivity contribution in [2.24, 2.45) is 0 Å². The van der Waals surface area contributed by atoms with E-state index in [4.69, 9.17) is 4.42 Å². The highest BCUT2D eigenvalue weighted by molar-refractivity contribution is 5.51. The number of halogens is 3. The Hall–Kier alpha value is -1.95. The molecule has 1 N–H and O–H groups in total. The molecule has 0 unspecified atom stereocenters. The average Bonchev–Trinajstić information content (AvgIpc) is 2.91. The summed E-state index contributed by atoms with van der Waals surface area (Å²) < 4.78 is 44.6. The van der Waals surface area contributed by atoms with Crippen LogP contribution in [0.1, 0.15) is 16.9 Å². The van der Waals surface area contributed by atoms with Crippen molar-refractivity contribution in [3.05, 3.63) is 53.5 Å². The minimum atomic E-state index is -4.37. The van der Waals surface area contributed by atoms with E-state index in [0.29, 0.717) is 18.0 Å². The van der Waals surface area contributed by atoms with Crippen molar-refractivity contribution in [3.8, 4) is 0 Å². The molecule has 0 aliphatic carbocycles. The number of nitrogens with zero attached hydrogens (tertiary/aromatic N) is 1. The van der Waals surface area contributed by atoms with E-state index in [0.717, 1.165) is 0 Å². The fraction of sp³-hybridized carbons (Fsp3) is 0.333. The van der Waals surface area contributed by atoms with Crippen LogP contribution in [0.2, 0.25) is 0 Å². The lowest BCUT2D eigenvalue weighted by Gasteiger charge is -2.21. The van der Waals surface area contributed by atoms with Crippen LogP contribution in [-0.4, -0.2) is 14.1 Å². The lowest BCUT2D eigenvalue weighted by Crippen LogP contribution is -2.19. The smallest absolute Gasteiger partial charge is 0.416 e. The topological polar surface area (TPSA) is 28.4 Å². The van der Waals surface area contributed by atoms with Gasteiger partial charge >= 0.3 is 6.18 Å². The number of hydrogen-bond donors (Lipinski definition) is 1. The Morgan fingerprint density at radius 2 is 2.00 bits per heavy atom. The first-order valence-electron chi connectivity index (χ1n) is 6.50. The van der Waals surface area contributed by atoms with Gasteiger partial charge in [-0.25, -0.2) is 0 Å². The highest BCUT2D eigenvalue weighted by Gasteiger charge is 2.33. The van der Waals surface area contributed by atoms with Crippen LogP contribution < -0.4 is 10.2 Å². The third-order valence-electron chi connectivity index (χ3n) is 3.18. The van der Waals surface area contributed by atoms with Crippen molar-refractivity contribution in [2.75, 3.05) is 19.0 Å². The first kappa shape index (κ1) is 15.4. The van der Waals surface area contributed by atoms with Gasteiger partial charge in [-0.05, 0) is 36.9 Å². The van der Waals surface area contributed by atoms with E-state index in [2.05, 4.69) is 5.32 Å². The van der Waals surface area contributed by atoms with Crippen molar-refractivity contribution in [1.29, 1.82) is 0 Å². The van der Waals surface area contributed by atoms with Crippen LogP contribution in [0.25, 0.3) is 0 Å². The zero-order valence-corrected chi connectivity index (χ0v) is 11.9. The molecular formula is C15H17F3N2O. The second-order valence-electron chi connectivity index (χ2n) is 4.80. The largest absolute Gasteiger partial charge is 0.467 e. The number of anilines is 1. The lowest BCUT2D eigenvalue weighted by atomic mass is 10.1. The molecule has 0 atom stereocenters. The van der Waals surface area contributed by atoms with Crippen LogP contribution >= 0.6 is 0 Å². The molecule has 0 radical (unpaired) electrons. The van der Waals surface area contributed by atoms with Crippen LogP contribution in [0, 0.1) is 0 Å². The summed E-state index contributed by atoms with van der Waals surface area (Å²) in [5.41, 5.74) is 0.124. The van der Waals surface area contributed by atoms with E-state index < -0.39 is 11.7 Å². The highest BCUT2D eigenvalue weighted by Crippen LogP contribution is 2.34. The zero-order valence-electron chi connectivity index (χ0n) is 11.9. The maximum absolute atomic E-state index is 13.1. The Bertz CT molecular complexity index is 579. The van der Waals surface area contributed by atoms with E-state index in [9.17, 15) is 13.2 Å². The molecule has 0 bridgehead atoms. The summed E-state index contributed by atoms with van der Waals surface area (Å²) in [6.45, 7) is 0.590. The van der Waals surface area contributed by atoms with Crippen molar-refractivity contribution in [2.45, 2.75) is 19.3 Å². The molecule has 0 aliphatic heterocycles. The van der Waals surface area contributed by atoms with Gasteiger partial charge in [0.15, 0.2) is 0 Å². The van der Waals surface area contributed by atoms with Gasteiger partial charge in [0.2, 0.25) is 0 Å². The van der Waals surface area contributed by atoms with Gasteiger partial charge in [-0.1, -0.05) is 6.07 Å². The molecule has 3 nitrogen and oxygen atoms in total. The van der Waals surface area contributed by atoms with Gasteiger partial charge in [0.25, 0.3) is 0 Å². The quantitative estimate of drug-likeness (QED) is 0.913. The molecule has 0 saturated heterocycles. The number of nitrogens with one attached hydrogen (secondary N) is 1. The average molecular weight is 298 g/mol. The summed E-state index contributed by atoms with van der Waals surface area (Å²) >= 11 is 0. The minimum Gasteiger partial charge on any atom is -0.467 e. The third-order valence-corrected chi connectivity index (χ3v) is 3.18. The molecule has 2 aromatic rings. The van der Waals surface area contributed by atoms with Crippen LogP contribution in [0.3, 0.4) is 0 Å². The summed E-state index contributed by atoms with van der Waals surface area (Å²) in [4.78, 5) is 1.72. The monoisotopic (exact) mass is 298 g/mol. The number of benzene rings is 1. The molecule has 0 fully saturated rings. The van der Waals surface area contributed by atoms with E-state index in [1.807, 2.05) is 0 Å². The molecule has 1 heterocycles. The number of hydrogen-bond acceptors (Lipinski definition) is 3. The number of alkyl halides is 3. The van der Waals surface area contributed by atoms with Crippen LogP contribution in [0.15, 0.2) is 41.0 Å². The van der Waals surface area contributed by atoms with Crippen molar-refractivity contribution < 1.29 is 17.6 Å². The summed E-state index contributed by atoms with van der Waals surface area (Å²) in [7, 11) is 3.35. The minimum absolute atomic E-state index is 0.178. The van der Waals surface area contributed by atoms with Gasteiger partial charge in [-0.3, -0.25) is 0 Å². The SMILES string of the molecule is CNCc1ccc(N(C)Cc2ccco2)cc1C(F)(F)F. The Kier molecular flexibility index (Phi) is 4.57. The highest BCUT2D eigenvalue weighted by atomic mass is 19.4. The van der Waals surface area contributed by atoms with Gasteiger partial charge < -0.3 is 14.6 Å². The first-order chi connectivity index (χ1) is 9.91. The Labute approximate surface area is 121 Å². The second kappa shape index (κ2) is 6.22. The predicted octanol–water partition coefficient (Wildman–Crippen LogP) is 3.65. The van der Waals surface area contributed by atoms with Crippen LogP contribution in [-0.2, 0) is 19.3 Å². The Morgan fingerprint density at radius 3 is 2.57 bits per heavy atom. The van der Waals surface area contributed by atoms with Gasteiger partial charge in [-0.2, -0.15) is 13.2 Å². The van der Waals surface area contributed by atoms with E-state index in [1.165, 1.54) is 12.1 Å². The standard InChI is InChI=1S/C15H17F3N2O/c1-19-9-11-5-6-12(8-14(11)15(16,17)18)20(2)10-13-4-3-7-21-13/h3-8,19H,9-10H2,1-2H3. The number of furan rings is 1. The summed E-state index contributed by atoms with van der Waals surface area (Å²) in [6.07, 6.45) is -2.83. The van der Waals surface area contributed by atoms with Crippen molar-refractivity contribution in [3.63, 3.8) is 0 Å². The molecular weight excluding hydrogens is 281 g/mol. The zero-order chi connectivity index (χ0) is 15.5. The number of rotatable bonds is 5. The first-order valence-corrected chi connectivity index (χ1v) is 6.50.